The van der Waals surface area contributed by atoms with Crippen molar-refractivity contribution in [2.45, 2.75) is 31.2 Å². The summed E-state index contributed by atoms with van der Waals surface area (Å²) in [6.45, 7) is 5.85. The van der Waals surface area contributed by atoms with Gasteiger partial charge in [0, 0.05) is 11.9 Å². The van der Waals surface area contributed by atoms with Crippen LogP contribution in [0.5, 0.6) is 0 Å². The predicted octanol–water partition coefficient (Wildman–Crippen LogP) is 3.69. The number of amides is 1. The van der Waals surface area contributed by atoms with E-state index in [9.17, 15) is 4.79 Å². The number of benzene rings is 1. The van der Waals surface area contributed by atoms with Gasteiger partial charge in [-0.2, -0.15) is 0 Å². The van der Waals surface area contributed by atoms with Gasteiger partial charge in [-0.1, -0.05) is 30.0 Å². The second-order valence-corrected chi connectivity index (χ2v) is 6.76. The van der Waals surface area contributed by atoms with Crippen LogP contribution in [0.4, 0.5) is 5.69 Å². The summed E-state index contributed by atoms with van der Waals surface area (Å²) in [6.07, 6.45) is 1.70. The Hall–Kier alpha value is -2.34. The molecule has 23 heavy (non-hydrogen) atoms. The molecule has 0 aliphatic heterocycles. The normalized spacial score (nSPS) is 12.3. The van der Waals surface area contributed by atoms with Crippen LogP contribution in [0, 0.1) is 13.8 Å². The molecule has 1 amide bonds. The number of anilines is 1. The van der Waals surface area contributed by atoms with Gasteiger partial charge in [-0.15, -0.1) is 0 Å². The van der Waals surface area contributed by atoms with E-state index >= 15 is 0 Å². The van der Waals surface area contributed by atoms with Crippen molar-refractivity contribution in [3.05, 3.63) is 47.7 Å². The van der Waals surface area contributed by atoms with Crippen LogP contribution >= 0.6 is 11.8 Å². The van der Waals surface area contributed by atoms with Crippen LogP contribution in [0.2, 0.25) is 0 Å². The van der Waals surface area contributed by atoms with Gasteiger partial charge in [-0.3, -0.25) is 4.79 Å². The summed E-state index contributed by atoms with van der Waals surface area (Å²) in [4.78, 5) is 24.2. The first kappa shape index (κ1) is 15.6. The topological polar surface area (TPSA) is 70.7 Å². The molecule has 118 valence electrons. The summed E-state index contributed by atoms with van der Waals surface area (Å²) in [5, 5.41) is 3.44. The molecule has 6 heteroatoms. The molecule has 0 saturated carbocycles. The van der Waals surface area contributed by atoms with E-state index in [0.717, 1.165) is 22.3 Å². The maximum atomic E-state index is 12.4. The van der Waals surface area contributed by atoms with Gasteiger partial charge in [-0.05, 0) is 44.0 Å². The lowest BCUT2D eigenvalue weighted by Gasteiger charge is -2.14. The number of aromatic nitrogens is 3. The second-order valence-electron chi connectivity index (χ2n) is 5.43. The number of pyridine rings is 1. The van der Waals surface area contributed by atoms with Gasteiger partial charge in [0.2, 0.25) is 5.91 Å². The molecule has 0 spiro atoms. The number of para-hydroxylation sites is 1. The number of nitrogens with zero attached hydrogens (tertiary/aromatic N) is 2. The number of imidazole rings is 1. The van der Waals surface area contributed by atoms with Gasteiger partial charge < -0.3 is 10.3 Å². The summed E-state index contributed by atoms with van der Waals surface area (Å²) >= 11 is 1.39. The van der Waals surface area contributed by atoms with Gasteiger partial charge in [0.1, 0.15) is 0 Å². The number of rotatable bonds is 4. The van der Waals surface area contributed by atoms with Gasteiger partial charge >= 0.3 is 0 Å². The quantitative estimate of drug-likeness (QED) is 0.717. The molecular weight excluding hydrogens is 308 g/mol. The second kappa shape index (κ2) is 6.42. The Labute approximate surface area is 138 Å². The fourth-order valence-corrected chi connectivity index (χ4v) is 3.15. The minimum Gasteiger partial charge on any atom is -0.332 e. The van der Waals surface area contributed by atoms with Gasteiger partial charge in [-0.25, -0.2) is 9.97 Å². The van der Waals surface area contributed by atoms with Crippen LogP contribution in [0.1, 0.15) is 18.1 Å². The Morgan fingerprint density at radius 2 is 1.96 bits per heavy atom. The van der Waals surface area contributed by atoms with Crippen molar-refractivity contribution in [1.29, 1.82) is 0 Å². The number of aromatic amines is 1. The molecule has 3 rings (SSSR count). The van der Waals surface area contributed by atoms with Crippen LogP contribution in [-0.4, -0.2) is 26.1 Å². The van der Waals surface area contributed by atoms with Gasteiger partial charge in [0.15, 0.2) is 10.8 Å². The SMILES string of the molecule is Cc1cccc(C)c1NC(=O)C(C)Sc1nc2ncccc2[nH]1. The maximum Gasteiger partial charge on any atom is 0.237 e. The first-order valence-electron chi connectivity index (χ1n) is 7.39. The van der Waals surface area contributed by atoms with Crippen molar-refractivity contribution >= 4 is 34.5 Å². The van der Waals surface area contributed by atoms with Gasteiger partial charge in [0.25, 0.3) is 0 Å². The van der Waals surface area contributed by atoms with E-state index in [1.807, 2.05) is 51.1 Å². The largest absolute Gasteiger partial charge is 0.332 e. The molecular formula is C17H18N4OS. The van der Waals surface area contributed by atoms with Crippen LogP contribution < -0.4 is 5.32 Å². The third kappa shape index (κ3) is 3.37. The van der Waals surface area contributed by atoms with Crippen LogP contribution in [0.3, 0.4) is 0 Å². The number of carbonyl (C=O) groups is 1. The number of aryl methyl sites for hydroxylation is 2. The summed E-state index contributed by atoms with van der Waals surface area (Å²) < 4.78 is 0. The van der Waals surface area contributed by atoms with E-state index in [1.54, 1.807) is 6.20 Å². The molecule has 1 atom stereocenters. The van der Waals surface area contributed by atoms with Crippen molar-refractivity contribution in [2.24, 2.45) is 0 Å². The summed E-state index contributed by atoms with van der Waals surface area (Å²) in [7, 11) is 0. The Morgan fingerprint density at radius 1 is 1.22 bits per heavy atom. The molecule has 2 aromatic heterocycles. The number of hydrogen-bond acceptors (Lipinski definition) is 4. The molecule has 5 nitrogen and oxygen atoms in total. The minimum atomic E-state index is -0.269. The zero-order chi connectivity index (χ0) is 16.4. The highest BCUT2D eigenvalue weighted by molar-refractivity contribution is 8.00. The Balaban J connectivity index is 1.72. The smallest absolute Gasteiger partial charge is 0.237 e. The molecule has 0 bridgehead atoms. The fraction of sp³-hybridized carbons (Fsp3) is 0.235. The van der Waals surface area contributed by atoms with E-state index in [1.165, 1.54) is 11.8 Å². The lowest BCUT2D eigenvalue weighted by Crippen LogP contribution is -2.23. The molecule has 2 N–H and O–H groups in total. The lowest BCUT2D eigenvalue weighted by molar-refractivity contribution is -0.115. The monoisotopic (exact) mass is 326 g/mol. The van der Waals surface area contributed by atoms with Crippen LogP contribution in [0.25, 0.3) is 11.2 Å². The average Bonchev–Trinajstić information content (AvgIpc) is 2.93. The van der Waals surface area contributed by atoms with E-state index in [0.29, 0.717) is 10.8 Å². The van der Waals surface area contributed by atoms with Crippen molar-refractivity contribution in [1.82, 2.24) is 15.0 Å². The number of nitrogens with one attached hydrogen (secondary N) is 2. The highest BCUT2D eigenvalue weighted by Gasteiger charge is 2.18. The number of fused-ring (bicyclic) bond motifs is 1. The van der Waals surface area contributed by atoms with Crippen LogP contribution in [-0.2, 0) is 4.79 Å². The number of carbonyl (C=O) groups excluding carboxylic acids is 1. The van der Waals surface area contributed by atoms with Crippen molar-refractivity contribution in [2.75, 3.05) is 5.32 Å². The van der Waals surface area contributed by atoms with Crippen LogP contribution in [0.15, 0.2) is 41.7 Å². The predicted molar refractivity (Wildman–Crippen MR) is 93.8 cm³/mol. The molecule has 0 aliphatic carbocycles. The molecule has 0 saturated heterocycles. The summed E-state index contributed by atoms with van der Waals surface area (Å²) in [5.74, 6) is -0.0409. The molecule has 0 aliphatic rings. The molecule has 0 radical (unpaired) electrons. The highest BCUT2D eigenvalue weighted by Crippen LogP contribution is 2.25. The minimum absolute atomic E-state index is 0.0409. The first-order valence-corrected chi connectivity index (χ1v) is 8.27. The average molecular weight is 326 g/mol. The molecule has 1 unspecified atom stereocenters. The molecule has 1 aromatic carbocycles. The van der Waals surface area contributed by atoms with Crippen molar-refractivity contribution in [3.8, 4) is 0 Å². The third-order valence-corrected chi connectivity index (χ3v) is 4.61. The van der Waals surface area contributed by atoms with E-state index in [4.69, 9.17) is 0 Å². The highest BCUT2D eigenvalue weighted by atomic mass is 32.2. The molecule has 2 heterocycles. The Bertz CT molecular complexity index is 805. The van der Waals surface area contributed by atoms with E-state index in [-0.39, 0.29) is 11.2 Å². The molecule has 3 aromatic rings. The molecule has 0 fully saturated rings. The third-order valence-electron chi connectivity index (χ3n) is 3.62. The van der Waals surface area contributed by atoms with E-state index < -0.39 is 0 Å². The summed E-state index contributed by atoms with van der Waals surface area (Å²) in [5.41, 5.74) is 4.54. The maximum absolute atomic E-state index is 12.4. The zero-order valence-electron chi connectivity index (χ0n) is 13.3. The Morgan fingerprint density at radius 3 is 2.65 bits per heavy atom. The number of H-pyrrole nitrogens is 1. The standard InChI is InChI=1S/C17H18N4OS/c1-10-6-4-7-11(2)14(10)20-16(22)12(3)23-17-19-13-8-5-9-18-15(13)21-17/h4-9,12H,1-3H3,(H,20,22)(H,18,19,21). The van der Waals surface area contributed by atoms with Crippen molar-refractivity contribution < 1.29 is 4.79 Å². The fourth-order valence-electron chi connectivity index (χ4n) is 2.34. The zero-order valence-corrected chi connectivity index (χ0v) is 14.1. The van der Waals surface area contributed by atoms with Crippen molar-refractivity contribution in [3.63, 3.8) is 0 Å². The lowest BCUT2D eigenvalue weighted by atomic mass is 10.1. The number of thioether (sulfide) groups is 1. The summed E-state index contributed by atoms with van der Waals surface area (Å²) in [6, 6.07) is 9.74. The Kier molecular flexibility index (Phi) is 4.34. The van der Waals surface area contributed by atoms with Gasteiger partial charge in [0.05, 0.1) is 10.8 Å². The first-order chi connectivity index (χ1) is 11.0. The van der Waals surface area contributed by atoms with E-state index in [2.05, 4.69) is 20.3 Å². The number of hydrogen-bond donors (Lipinski definition) is 2.